The average molecular weight is 373 g/mol. The van der Waals surface area contributed by atoms with Crippen LogP contribution in [0, 0.1) is 11.8 Å². The van der Waals surface area contributed by atoms with Gasteiger partial charge in [-0.2, -0.15) is 0 Å². The molecule has 4 aliphatic carbocycles. The van der Waals surface area contributed by atoms with Crippen molar-refractivity contribution in [2.24, 2.45) is 11.8 Å². The fourth-order valence-corrected chi connectivity index (χ4v) is 5.76. The molecule has 0 aliphatic heterocycles. The Bertz CT molecular complexity index is 818. The summed E-state index contributed by atoms with van der Waals surface area (Å²) in [6, 6.07) is 0. The summed E-state index contributed by atoms with van der Waals surface area (Å²) in [7, 11) is 0. The van der Waals surface area contributed by atoms with E-state index in [0.717, 1.165) is 0 Å². The van der Waals surface area contributed by atoms with Crippen molar-refractivity contribution < 1.29 is 0 Å². The molecule has 0 heterocycles. The van der Waals surface area contributed by atoms with Gasteiger partial charge in [0.05, 0.1) is 0 Å². The highest BCUT2D eigenvalue weighted by molar-refractivity contribution is 5.63. The molecule has 0 aromatic rings. The zero-order valence-electron chi connectivity index (χ0n) is 17.9. The number of allylic oxidation sites excluding steroid dienone is 13. The molecule has 0 N–H and O–H groups in total. The third kappa shape index (κ3) is 3.59. The molecule has 0 amide bonds. The second-order valence-electron chi connectivity index (χ2n) is 9.00. The molecule has 0 fully saturated rings. The van der Waals surface area contributed by atoms with Crippen molar-refractivity contribution in [3.8, 4) is 0 Å². The molecule has 0 heteroatoms. The highest BCUT2D eigenvalue weighted by Crippen LogP contribution is 2.51. The summed E-state index contributed by atoms with van der Waals surface area (Å²) in [4.78, 5) is 0. The normalized spacial score (nSPS) is 27.9. The first-order valence-corrected chi connectivity index (χ1v) is 11.6. The quantitative estimate of drug-likeness (QED) is 0.425. The van der Waals surface area contributed by atoms with Crippen molar-refractivity contribution in [2.45, 2.75) is 78.1 Å². The third-order valence-corrected chi connectivity index (χ3v) is 7.12. The van der Waals surface area contributed by atoms with Crippen LogP contribution < -0.4 is 0 Å². The molecule has 2 atom stereocenters. The van der Waals surface area contributed by atoms with Gasteiger partial charge in [-0.15, -0.1) is 6.58 Å². The first-order valence-electron chi connectivity index (χ1n) is 11.6. The Hall–Kier alpha value is -1.82. The average Bonchev–Trinajstić information content (AvgIpc) is 2.74. The highest BCUT2D eigenvalue weighted by atomic mass is 14.4. The lowest BCUT2D eigenvalue weighted by Gasteiger charge is -2.41. The van der Waals surface area contributed by atoms with Crippen LogP contribution in [-0.4, -0.2) is 0 Å². The molecular weight excluding hydrogens is 336 g/mol. The predicted molar refractivity (Wildman–Crippen MR) is 122 cm³/mol. The Morgan fingerprint density at radius 1 is 1.00 bits per heavy atom. The van der Waals surface area contributed by atoms with Crippen LogP contribution in [0.1, 0.15) is 78.1 Å². The SMILES string of the molecule is C=CC1C(C2=CCCCC2)=C2C=CCCC2=C(C2=CC=C(C)CC2)C1CCC. The molecule has 4 aliphatic rings. The van der Waals surface area contributed by atoms with Crippen molar-refractivity contribution >= 4 is 0 Å². The van der Waals surface area contributed by atoms with E-state index in [0.29, 0.717) is 11.8 Å². The van der Waals surface area contributed by atoms with Gasteiger partial charge in [-0.1, -0.05) is 55.4 Å². The molecule has 0 aromatic heterocycles. The summed E-state index contributed by atoms with van der Waals surface area (Å²) < 4.78 is 0. The Labute approximate surface area is 172 Å². The summed E-state index contributed by atoms with van der Waals surface area (Å²) in [6.07, 6.45) is 27.0. The predicted octanol–water partition coefficient (Wildman–Crippen LogP) is 8.33. The maximum atomic E-state index is 4.35. The minimum atomic E-state index is 0.466. The largest absolute Gasteiger partial charge is 0.102 e. The van der Waals surface area contributed by atoms with E-state index in [4.69, 9.17) is 0 Å². The lowest BCUT2D eigenvalue weighted by atomic mass is 9.63. The van der Waals surface area contributed by atoms with Gasteiger partial charge in [0.15, 0.2) is 0 Å². The summed E-state index contributed by atoms with van der Waals surface area (Å²) in [5, 5.41) is 0. The van der Waals surface area contributed by atoms with Crippen molar-refractivity contribution in [1.29, 1.82) is 0 Å². The monoisotopic (exact) mass is 372 g/mol. The van der Waals surface area contributed by atoms with E-state index in [9.17, 15) is 0 Å². The molecule has 0 saturated carbocycles. The molecule has 0 bridgehead atoms. The lowest BCUT2D eigenvalue weighted by molar-refractivity contribution is 0.449. The summed E-state index contributed by atoms with van der Waals surface area (Å²) in [6.45, 7) is 8.97. The fourth-order valence-electron chi connectivity index (χ4n) is 5.76. The second kappa shape index (κ2) is 8.68. The van der Waals surface area contributed by atoms with Crippen LogP contribution in [-0.2, 0) is 0 Å². The lowest BCUT2D eigenvalue weighted by Crippen LogP contribution is -2.28. The Morgan fingerprint density at radius 2 is 1.89 bits per heavy atom. The van der Waals surface area contributed by atoms with Crippen molar-refractivity contribution in [3.63, 3.8) is 0 Å². The van der Waals surface area contributed by atoms with Crippen LogP contribution in [0.3, 0.4) is 0 Å². The Balaban J connectivity index is 1.93. The van der Waals surface area contributed by atoms with Crippen LogP contribution >= 0.6 is 0 Å². The molecule has 0 saturated heterocycles. The minimum Gasteiger partial charge on any atom is -0.102 e. The van der Waals surface area contributed by atoms with Gasteiger partial charge in [0.25, 0.3) is 0 Å². The zero-order valence-corrected chi connectivity index (χ0v) is 17.9. The summed E-state index contributed by atoms with van der Waals surface area (Å²) in [5.41, 5.74) is 11.3. The van der Waals surface area contributed by atoms with Gasteiger partial charge in [0.1, 0.15) is 0 Å². The first-order chi connectivity index (χ1) is 13.7. The molecular formula is C28H36. The Kier molecular flexibility index (Phi) is 6.04. The second-order valence-corrected chi connectivity index (χ2v) is 9.00. The van der Waals surface area contributed by atoms with Gasteiger partial charge in [0.2, 0.25) is 0 Å². The summed E-state index contributed by atoms with van der Waals surface area (Å²) in [5.74, 6) is 1.07. The molecule has 0 radical (unpaired) electrons. The minimum absolute atomic E-state index is 0.466. The van der Waals surface area contributed by atoms with E-state index in [-0.39, 0.29) is 0 Å². The maximum absolute atomic E-state index is 4.35. The van der Waals surface area contributed by atoms with Crippen LogP contribution in [0.25, 0.3) is 0 Å². The fraction of sp³-hybridized carbons (Fsp3) is 0.500. The van der Waals surface area contributed by atoms with Crippen LogP contribution in [0.15, 0.2) is 82.0 Å². The molecule has 2 unspecified atom stereocenters. The number of hydrogen-bond donors (Lipinski definition) is 0. The maximum Gasteiger partial charge on any atom is 0.00929 e. The van der Waals surface area contributed by atoms with Gasteiger partial charge < -0.3 is 0 Å². The first kappa shape index (κ1) is 19.5. The van der Waals surface area contributed by atoms with Crippen molar-refractivity contribution in [2.75, 3.05) is 0 Å². The van der Waals surface area contributed by atoms with Gasteiger partial charge in [-0.25, -0.2) is 0 Å². The van der Waals surface area contributed by atoms with E-state index in [1.165, 1.54) is 69.8 Å². The van der Waals surface area contributed by atoms with E-state index < -0.39 is 0 Å². The van der Waals surface area contributed by atoms with E-state index in [1.807, 2.05) is 0 Å². The van der Waals surface area contributed by atoms with Gasteiger partial charge >= 0.3 is 0 Å². The van der Waals surface area contributed by atoms with Gasteiger partial charge in [0, 0.05) is 5.92 Å². The third-order valence-electron chi connectivity index (χ3n) is 7.12. The standard InChI is InChI=1S/C28H36/c1-4-11-24-23(5-2)27(21-12-7-6-8-13-21)25-14-9-10-15-26(25)28(24)22-18-16-20(3)17-19-22/h5,9,12,14,16,18,23-24H,2,4,6-8,10-11,13,15,17,19H2,1,3H3. The smallest absolute Gasteiger partial charge is 0.00929 e. The van der Waals surface area contributed by atoms with E-state index in [2.05, 4.69) is 56.9 Å². The van der Waals surface area contributed by atoms with Crippen LogP contribution in [0.5, 0.6) is 0 Å². The van der Waals surface area contributed by atoms with Gasteiger partial charge in [-0.3, -0.25) is 0 Å². The highest BCUT2D eigenvalue weighted by Gasteiger charge is 2.37. The van der Waals surface area contributed by atoms with Crippen LogP contribution in [0.4, 0.5) is 0 Å². The van der Waals surface area contributed by atoms with Gasteiger partial charge in [-0.05, 0) is 104 Å². The van der Waals surface area contributed by atoms with E-state index >= 15 is 0 Å². The topological polar surface area (TPSA) is 0 Å². The molecule has 0 aromatic carbocycles. The Morgan fingerprint density at radius 3 is 2.57 bits per heavy atom. The van der Waals surface area contributed by atoms with Crippen molar-refractivity contribution in [1.82, 2.24) is 0 Å². The van der Waals surface area contributed by atoms with E-state index in [1.54, 1.807) is 33.4 Å². The zero-order chi connectivity index (χ0) is 19.5. The number of hydrogen-bond acceptors (Lipinski definition) is 0. The van der Waals surface area contributed by atoms with Crippen LogP contribution in [0.2, 0.25) is 0 Å². The molecule has 0 spiro atoms. The molecule has 0 nitrogen and oxygen atoms in total. The molecule has 28 heavy (non-hydrogen) atoms. The summed E-state index contributed by atoms with van der Waals surface area (Å²) >= 11 is 0. The number of rotatable bonds is 5. The molecule has 148 valence electrons. The molecule has 4 rings (SSSR count). The van der Waals surface area contributed by atoms with Crippen molar-refractivity contribution in [3.05, 3.63) is 82.0 Å². The number of fused-ring (bicyclic) bond motifs is 1.